The Labute approximate surface area is 194 Å². The number of hydrogen-bond acceptors (Lipinski definition) is 7. The summed E-state index contributed by atoms with van der Waals surface area (Å²) in [4.78, 5) is 37.3. The molecule has 1 fully saturated rings. The molecule has 0 saturated carbocycles. The van der Waals surface area contributed by atoms with Crippen LogP contribution in [0.4, 0.5) is 5.82 Å². The summed E-state index contributed by atoms with van der Waals surface area (Å²) in [7, 11) is 0. The molecule has 2 aromatic rings. The first-order valence-corrected chi connectivity index (χ1v) is 12.1. The van der Waals surface area contributed by atoms with Gasteiger partial charge in [-0.1, -0.05) is 39.5 Å². The Morgan fingerprint density at radius 3 is 2.47 bits per heavy atom. The Balaban J connectivity index is 1.66. The van der Waals surface area contributed by atoms with Crippen LogP contribution in [0.1, 0.15) is 62.5 Å². The predicted octanol–water partition coefficient (Wildman–Crippen LogP) is 3.54. The highest BCUT2D eigenvalue weighted by molar-refractivity contribution is 7.98. The molecule has 1 aliphatic rings. The average Bonchev–Trinajstić information content (AvgIpc) is 3.25. The summed E-state index contributed by atoms with van der Waals surface area (Å²) in [5.74, 6) is 3.03. The molecular formula is C23H33N5O3S. The van der Waals surface area contributed by atoms with Crippen LogP contribution in [0, 0.1) is 5.92 Å². The maximum Gasteiger partial charge on any atom is 0.287 e. The van der Waals surface area contributed by atoms with E-state index in [0.717, 1.165) is 24.6 Å². The van der Waals surface area contributed by atoms with Gasteiger partial charge < -0.3 is 19.5 Å². The average molecular weight is 460 g/mol. The smallest absolute Gasteiger partial charge is 0.287 e. The van der Waals surface area contributed by atoms with Gasteiger partial charge in [-0.05, 0) is 24.0 Å². The fourth-order valence-corrected chi connectivity index (χ4v) is 4.05. The first-order valence-electron chi connectivity index (χ1n) is 11.1. The molecule has 2 aromatic heterocycles. The summed E-state index contributed by atoms with van der Waals surface area (Å²) < 4.78 is 5.72. The van der Waals surface area contributed by atoms with Crippen LogP contribution in [0.15, 0.2) is 27.8 Å². The van der Waals surface area contributed by atoms with E-state index in [-0.39, 0.29) is 17.7 Å². The number of piperazine rings is 1. The van der Waals surface area contributed by atoms with Crippen molar-refractivity contribution in [2.24, 2.45) is 5.92 Å². The molecule has 174 valence electrons. The number of rotatable bonds is 8. The first-order chi connectivity index (χ1) is 15.2. The summed E-state index contributed by atoms with van der Waals surface area (Å²) in [5.41, 5.74) is 0.986. The lowest BCUT2D eigenvalue weighted by atomic mass is 10.1. The fourth-order valence-electron chi connectivity index (χ4n) is 3.30. The van der Waals surface area contributed by atoms with E-state index >= 15 is 0 Å². The number of anilines is 1. The Morgan fingerprint density at radius 2 is 1.84 bits per heavy atom. The van der Waals surface area contributed by atoms with Crippen LogP contribution in [0.5, 0.6) is 0 Å². The SMILES string of the molecule is CC(=O)N1CCN(c2cc(C(C)C)nc(SCc3ccc(C(=O)NCC(C)C)o3)n2)CC1. The van der Waals surface area contributed by atoms with Crippen LogP contribution in [-0.4, -0.2) is 59.4 Å². The molecule has 0 radical (unpaired) electrons. The molecule has 0 unspecified atom stereocenters. The minimum atomic E-state index is -0.194. The van der Waals surface area contributed by atoms with Gasteiger partial charge >= 0.3 is 0 Å². The van der Waals surface area contributed by atoms with Crippen molar-refractivity contribution in [1.82, 2.24) is 20.2 Å². The van der Waals surface area contributed by atoms with E-state index in [1.807, 2.05) is 30.9 Å². The Morgan fingerprint density at radius 1 is 1.12 bits per heavy atom. The maximum atomic E-state index is 12.2. The third kappa shape index (κ3) is 6.48. The second kappa shape index (κ2) is 10.8. The monoisotopic (exact) mass is 459 g/mol. The second-order valence-corrected chi connectivity index (χ2v) is 9.68. The van der Waals surface area contributed by atoms with Crippen molar-refractivity contribution in [1.29, 1.82) is 0 Å². The molecular weight excluding hydrogens is 426 g/mol. The van der Waals surface area contributed by atoms with Crippen LogP contribution in [-0.2, 0) is 10.5 Å². The van der Waals surface area contributed by atoms with Crippen molar-refractivity contribution in [2.45, 2.75) is 51.4 Å². The number of nitrogens with zero attached hydrogens (tertiary/aromatic N) is 4. The number of aromatic nitrogens is 2. The van der Waals surface area contributed by atoms with E-state index in [9.17, 15) is 9.59 Å². The molecule has 9 heteroatoms. The molecule has 1 aliphatic heterocycles. The highest BCUT2D eigenvalue weighted by atomic mass is 32.2. The third-order valence-electron chi connectivity index (χ3n) is 5.25. The van der Waals surface area contributed by atoms with E-state index < -0.39 is 0 Å². The minimum Gasteiger partial charge on any atom is -0.455 e. The standard InChI is InChI=1S/C23H33N5O3S/c1-15(2)13-24-22(30)20-7-6-18(31-20)14-32-23-25-19(16(3)4)12-21(26-23)28-10-8-27(9-11-28)17(5)29/h6-7,12,15-16H,8-11,13-14H2,1-5H3,(H,24,30). The van der Waals surface area contributed by atoms with Gasteiger partial charge in [0.25, 0.3) is 5.91 Å². The Kier molecular flexibility index (Phi) is 8.17. The zero-order valence-corrected chi connectivity index (χ0v) is 20.4. The largest absolute Gasteiger partial charge is 0.455 e. The molecule has 32 heavy (non-hydrogen) atoms. The zero-order chi connectivity index (χ0) is 23.3. The van der Waals surface area contributed by atoms with Crippen LogP contribution in [0.2, 0.25) is 0 Å². The zero-order valence-electron chi connectivity index (χ0n) is 19.6. The summed E-state index contributed by atoms with van der Waals surface area (Å²) in [5, 5.41) is 3.55. The predicted molar refractivity (Wildman–Crippen MR) is 126 cm³/mol. The van der Waals surface area contributed by atoms with E-state index in [2.05, 4.69) is 24.1 Å². The topological polar surface area (TPSA) is 91.6 Å². The van der Waals surface area contributed by atoms with E-state index in [0.29, 0.717) is 48.0 Å². The van der Waals surface area contributed by atoms with E-state index in [1.54, 1.807) is 13.0 Å². The van der Waals surface area contributed by atoms with Gasteiger partial charge in [0.05, 0.1) is 5.75 Å². The number of furan rings is 1. The fraction of sp³-hybridized carbons (Fsp3) is 0.565. The lowest BCUT2D eigenvalue weighted by molar-refractivity contribution is -0.129. The van der Waals surface area contributed by atoms with Gasteiger partial charge in [0.15, 0.2) is 10.9 Å². The highest BCUT2D eigenvalue weighted by Crippen LogP contribution is 2.27. The van der Waals surface area contributed by atoms with Crippen LogP contribution in [0.25, 0.3) is 0 Å². The number of amides is 2. The number of nitrogens with one attached hydrogen (secondary N) is 1. The van der Waals surface area contributed by atoms with Gasteiger partial charge in [0, 0.05) is 51.4 Å². The first kappa shape index (κ1) is 24.1. The summed E-state index contributed by atoms with van der Waals surface area (Å²) in [6.07, 6.45) is 0. The molecule has 8 nitrogen and oxygen atoms in total. The van der Waals surface area contributed by atoms with Crippen LogP contribution in [0.3, 0.4) is 0 Å². The van der Waals surface area contributed by atoms with E-state index in [1.165, 1.54) is 11.8 Å². The minimum absolute atomic E-state index is 0.113. The van der Waals surface area contributed by atoms with Crippen molar-refractivity contribution < 1.29 is 14.0 Å². The van der Waals surface area contributed by atoms with Gasteiger partial charge in [0.1, 0.15) is 11.6 Å². The normalized spacial score (nSPS) is 14.3. The lowest BCUT2D eigenvalue weighted by Gasteiger charge is -2.35. The van der Waals surface area contributed by atoms with Crippen molar-refractivity contribution in [3.8, 4) is 0 Å². The molecule has 3 heterocycles. The number of carbonyl (C=O) groups is 2. The molecule has 0 aliphatic carbocycles. The molecule has 0 aromatic carbocycles. The lowest BCUT2D eigenvalue weighted by Crippen LogP contribution is -2.48. The highest BCUT2D eigenvalue weighted by Gasteiger charge is 2.21. The summed E-state index contributed by atoms with van der Waals surface area (Å²) in [6.45, 7) is 13.5. The number of carbonyl (C=O) groups excluding carboxylic acids is 2. The molecule has 0 atom stereocenters. The van der Waals surface area contributed by atoms with Crippen molar-refractivity contribution >= 4 is 29.4 Å². The molecule has 1 saturated heterocycles. The third-order valence-corrected chi connectivity index (χ3v) is 6.12. The maximum absolute atomic E-state index is 12.2. The van der Waals surface area contributed by atoms with Crippen molar-refractivity contribution in [3.63, 3.8) is 0 Å². The van der Waals surface area contributed by atoms with Gasteiger partial charge in [-0.2, -0.15) is 0 Å². The van der Waals surface area contributed by atoms with Gasteiger partial charge in [-0.15, -0.1) is 0 Å². The van der Waals surface area contributed by atoms with E-state index in [4.69, 9.17) is 14.4 Å². The van der Waals surface area contributed by atoms with Gasteiger partial charge in [-0.3, -0.25) is 9.59 Å². The molecule has 0 bridgehead atoms. The summed E-state index contributed by atoms with van der Waals surface area (Å²) >= 11 is 1.49. The van der Waals surface area contributed by atoms with Gasteiger partial charge in [-0.25, -0.2) is 9.97 Å². The Bertz CT molecular complexity index is 935. The Hall–Kier alpha value is -2.55. The summed E-state index contributed by atoms with van der Waals surface area (Å²) in [6, 6.07) is 5.57. The number of hydrogen-bond donors (Lipinski definition) is 1. The number of thioether (sulfide) groups is 1. The van der Waals surface area contributed by atoms with Crippen LogP contribution >= 0.6 is 11.8 Å². The van der Waals surface area contributed by atoms with Crippen molar-refractivity contribution in [3.05, 3.63) is 35.4 Å². The molecule has 0 spiro atoms. The van der Waals surface area contributed by atoms with Crippen LogP contribution < -0.4 is 10.2 Å². The molecule has 2 amide bonds. The van der Waals surface area contributed by atoms with Crippen molar-refractivity contribution in [2.75, 3.05) is 37.6 Å². The second-order valence-electron chi connectivity index (χ2n) is 8.74. The quantitative estimate of drug-likeness (QED) is 0.477. The molecule has 1 N–H and O–H groups in total. The van der Waals surface area contributed by atoms with Gasteiger partial charge in [0.2, 0.25) is 5.91 Å². The molecule has 3 rings (SSSR count).